The summed E-state index contributed by atoms with van der Waals surface area (Å²) < 4.78 is 5.70. The van der Waals surface area contributed by atoms with Crippen molar-refractivity contribution < 1.29 is 9.32 Å². The predicted molar refractivity (Wildman–Crippen MR) is 129 cm³/mol. The first-order valence-corrected chi connectivity index (χ1v) is 11.5. The number of rotatable bonds is 5. The minimum Gasteiger partial charge on any atom is -0.350 e. The number of aromatic nitrogens is 1. The number of carbonyl (C=O) groups excluding carboxylic acids is 1. The quantitative estimate of drug-likeness (QED) is 0.581. The third-order valence-corrected chi connectivity index (χ3v) is 6.42. The van der Waals surface area contributed by atoms with E-state index in [0.29, 0.717) is 12.5 Å². The van der Waals surface area contributed by atoms with Gasteiger partial charge in [0.05, 0.1) is 5.56 Å². The van der Waals surface area contributed by atoms with Crippen molar-refractivity contribution in [3.63, 3.8) is 0 Å². The molecule has 32 heavy (non-hydrogen) atoms. The highest BCUT2D eigenvalue weighted by Gasteiger charge is 2.27. The summed E-state index contributed by atoms with van der Waals surface area (Å²) in [5.74, 6) is 0.446. The predicted octanol–water partition coefficient (Wildman–Crippen LogP) is 5.49. The molecular formula is C27H33N3O2. The molecule has 0 fully saturated rings. The highest BCUT2D eigenvalue weighted by atomic mass is 16.5. The van der Waals surface area contributed by atoms with Crippen molar-refractivity contribution in [1.82, 2.24) is 15.4 Å². The van der Waals surface area contributed by atoms with E-state index in [9.17, 15) is 4.79 Å². The third kappa shape index (κ3) is 4.09. The third-order valence-electron chi connectivity index (χ3n) is 6.42. The maximum absolute atomic E-state index is 12.9. The fraction of sp³-hybridized carbons (Fsp3) is 0.407. The molecule has 0 aliphatic carbocycles. The first-order valence-electron chi connectivity index (χ1n) is 11.5. The maximum Gasteiger partial charge on any atom is 0.290 e. The van der Waals surface area contributed by atoms with Crippen LogP contribution in [0, 0.1) is 13.8 Å². The van der Waals surface area contributed by atoms with Gasteiger partial charge >= 0.3 is 0 Å². The van der Waals surface area contributed by atoms with Gasteiger partial charge in [-0.2, -0.15) is 0 Å². The second kappa shape index (κ2) is 8.91. The summed E-state index contributed by atoms with van der Waals surface area (Å²) in [6.45, 7) is 13.1. The van der Waals surface area contributed by atoms with Crippen LogP contribution in [0.5, 0.6) is 0 Å². The van der Waals surface area contributed by atoms with Crippen molar-refractivity contribution >= 4 is 5.91 Å². The number of nitrogens with zero attached hydrogens (tertiary/aromatic N) is 2. The highest BCUT2D eigenvalue weighted by Crippen LogP contribution is 2.39. The summed E-state index contributed by atoms with van der Waals surface area (Å²) in [6.07, 6.45) is 0.998. The van der Waals surface area contributed by atoms with Gasteiger partial charge < -0.3 is 14.7 Å². The molecule has 0 atom stereocenters. The molecule has 1 amide bonds. The van der Waals surface area contributed by atoms with E-state index in [4.69, 9.17) is 4.52 Å². The van der Waals surface area contributed by atoms with Crippen molar-refractivity contribution in [1.29, 1.82) is 0 Å². The van der Waals surface area contributed by atoms with Gasteiger partial charge in [0.15, 0.2) is 0 Å². The van der Waals surface area contributed by atoms with Crippen molar-refractivity contribution in [2.24, 2.45) is 0 Å². The van der Waals surface area contributed by atoms with Gasteiger partial charge in [0.25, 0.3) is 5.91 Å². The molecule has 3 aromatic rings. The Morgan fingerprint density at radius 1 is 1.16 bits per heavy atom. The molecule has 0 spiro atoms. The zero-order chi connectivity index (χ0) is 23.0. The van der Waals surface area contributed by atoms with Crippen LogP contribution in [0.4, 0.5) is 0 Å². The van der Waals surface area contributed by atoms with Gasteiger partial charge in [-0.25, -0.2) is 0 Å². The van der Waals surface area contributed by atoms with Crippen LogP contribution in [0.2, 0.25) is 0 Å². The molecule has 4 rings (SSSR count). The zero-order valence-corrected chi connectivity index (χ0v) is 20.0. The molecule has 0 bridgehead atoms. The van der Waals surface area contributed by atoms with Gasteiger partial charge in [0.1, 0.15) is 5.69 Å². The second-order valence-corrected chi connectivity index (χ2v) is 9.24. The van der Waals surface area contributed by atoms with Crippen molar-refractivity contribution in [3.8, 4) is 22.4 Å². The Balaban J connectivity index is 1.92. The van der Waals surface area contributed by atoms with E-state index in [1.807, 2.05) is 6.92 Å². The van der Waals surface area contributed by atoms with E-state index < -0.39 is 0 Å². The van der Waals surface area contributed by atoms with Crippen molar-refractivity contribution in [2.45, 2.75) is 53.5 Å². The lowest BCUT2D eigenvalue weighted by Gasteiger charge is -2.25. The number of likely N-dealkylation sites (N-methyl/N-ethyl adjacent to an activating group) is 1. The normalized spacial score (nSPS) is 14.0. The summed E-state index contributed by atoms with van der Waals surface area (Å²) in [5.41, 5.74) is 9.87. The van der Waals surface area contributed by atoms with E-state index in [1.54, 1.807) is 0 Å². The highest BCUT2D eigenvalue weighted by molar-refractivity contribution is 6.02. The molecular weight excluding hydrogens is 398 g/mol. The molecule has 0 saturated heterocycles. The number of aryl methyl sites for hydroxylation is 2. The number of benzene rings is 2. The Bertz CT molecular complexity index is 1160. The number of hydrogen-bond donors (Lipinski definition) is 1. The lowest BCUT2D eigenvalue weighted by Crippen LogP contribution is -2.26. The van der Waals surface area contributed by atoms with E-state index in [0.717, 1.165) is 47.5 Å². The molecule has 0 unspecified atom stereocenters. The topological polar surface area (TPSA) is 58.4 Å². The molecule has 2 heterocycles. The van der Waals surface area contributed by atoms with E-state index in [-0.39, 0.29) is 11.7 Å². The van der Waals surface area contributed by atoms with Crippen LogP contribution >= 0.6 is 0 Å². The maximum atomic E-state index is 12.9. The van der Waals surface area contributed by atoms with E-state index in [2.05, 4.69) is 80.4 Å². The van der Waals surface area contributed by atoms with Gasteiger partial charge in [-0.1, -0.05) is 43.3 Å². The van der Waals surface area contributed by atoms with Crippen LogP contribution in [0.25, 0.3) is 22.4 Å². The summed E-state index contributed by atoms with van der Waals surface area (Å²) in [4.78, 5) is 15.2. The van der Waals surface area contributed by atoms with Gasteiger partial charge in [-0.05, 0) is 79.6 Å². The van der Waals surface area contributed by atoms with Crippen LogP contribution < -0.4 is 5.32 Å². The summed E-state index contributed by atoms with van der Waals surface area (Å²) in [6, 6.07) is 10.9. The Morgan fingerprint density at radius 2 is 1.94 bits per heavy atom. The first kappa shape index (κ1) is 22.3. The Kier molecular flexibility index (Phi) is 6.20. The van der Waals surface area contributed by atoms with Crippen LogP contribution in [0.15, 0.2) is 34.9 Å². The number of amides is 1. The molecule has 2 aromatic carbocycles. The largest absolute Gasteiger partial charge is 0.350 e. The summed E-state index contributed by atoms with van der Waals surface area (Å²) >= 11 is 0. The minimum absolute atomic E-state index is 0.229. The molecule has 1 aliphatic rings. The Labute approximate surface area is 190 Å². The van der Waals surface area contributed by atoms with E-state index in [1.165, 1.54) is 22.3 Å². The number of fused-ring (bicyclic) bond motifs is 1. The fourth-order valence-corrected chi connectivity index (χ4v) is 4.73. The SMILES string of the molecule is CCNC(=O)c1onc(-c2cc(C(C)C)c(C)cc2C)c1-c1ccc2c(c1)CCN(C)C2. The van der Waals surface area contributed by atoms with Crippen LogP contribution in [0.1, 0.15) is 65.1 Å². The number of nitrogens with one attached hydrogen (secondary N) is 1. The fourth-order valence-electron chi connectivity index (χ4n) is 4.73. The molecule has 0 saturated carbocycles. The van der Waals surface area contributed by atoms with Gasteiger partial charge in [-0.15, -0.1) is 0 Å². The second-order valence-electron chi connectivity index (χ2n) is 9.24. The monoisotopic (exact) mass is 431 g/mol. The van der Waals surface area contributed by atoms with Gasteiger partial charge in [0, 0.05) is 25.2 Å². The summed E-state index contributed by atoms with van der Waals surface area (Å²) in [5, 5.41) is 7.32. The van der Waals surface area contributed by atoms with Crippen LogP contribution in [-0.4, -0.2) is 36.1 Å². The lowest BCUT2D eigenvalue weighted by molar-refractivity contribution is 0.0920. The average Bonchev–Trinajstić information content (AvgIpc) is 3.18. The Hall–Kier alpha value is -2.92. The van der Waals surface area contributed by atoms with Gasteiger partial charge in [-0.3, -0.25) is 4.79 Å². The molecule has 0 radical (unpaired) electrons. The Morgan fingerprint density at radius 3 is 2.66 bits per heavy atom. The molecule has 1 aliphatic heterocycles. The summed E-state index contributed by atoms with van der Waals surface area (Å²) in [7, 11) is 2.15. The average molecular weight is 432 g/mol. The standard InChI is InChI=1S/C27H33N3O2/c1-7-28-27(31)26-24(20-8-9-21-15-30(6)11-10-19(21)13-20)25(29-32-26)23-14-22(16(2)3)17(4)12-18(23)5/h8-9,12-14,16H,7,10-11,15H2,1-6H3,(H,28,31). The molecule has 1 N–H and O–H groups in total. The molecule has 168 valence electrons. The van der Waals surface area contributed by atoms with Gasteiger partial charge in [0.2, 0.25) is 5.76 Å². The minimum atomic E-state index is -0.229. The molecule has 5 heteroatoms. The number of carbonyl (C=O) groups is 1. The van der Waals surface area contributed by atoms with Crippen molar-refractivity contribution in [3.05, 3.63) is 63.9 Å². The zero-order valence-electron chi connectivity index (χ0n) is 20.0. The lowest BCUT2D eigenvalue weighted by atomic mass is 9.88. The molecule has 5 nitrogen and oxygen atoms in total. The first-order chi connectivity index (χ1) is 15.3. The smallest absolute Gasteiger partial charge is 0.290 e. The van der Waals surface area contributed by atoms with Crippen LogP contribution in [0.3, 0.4) is 0 Å². The van der Waals surface area contributed by atoms with Crippen molar-refractivity contribution in [2.75, 3.05) is 20.1 Å². The van der Waals surface area contributed by atoms with Crippen LogP contribution in [-0.2, 0) is 13.0 Å². The number of hydrogen-bond acceptors (Lipinski definition) is 4. The molecule has 1 aromatic heterocycles. The van der Waals surface area contributed by atoms with E-state index >= 15 is 0 Å².